The summed E-state index contributed by atoms with van der Waals surface area (Å²) in [5.74, 6) is 1.68. The van der Waals surface area contributed by atoms with Gasteiger partial charge in [-0.25, -0.2) is 0 Å². The molecule has 0 amide bonds. The molecule has 0 radical (unpaired) electrons. The lowest BCUT2D eigenvalue weighted by Crippen LogP contribution is -2.18. The molecule has 1 atom stereocenters. The van der Waals surface area contributed by atoms with E-state index < -0.39 is 0 Å². The smallest absolute Gasteiger partial charge is 0.260 e. The van der Waals surface area contributed by atoms with Crippen molar-refractivity contribution in [2.45, 2.75) is 25.2 Å². The summed E-state index contributed by atoms with van der Waals surface area (Å²) in [6.07, 6.45) is 3.48. The maximum atomic E-state index is 5.52. The number of hydrogen-bond acceptors (Lipinski definition) is 5. The van der Waals surface area contributed by atoms with Gasteiger partial charge in [0.15, 0.2) is 5.82 Å². The summed E-state index contributed by atoms with van der Waals surface area (Å²) in [6.45, 7) is 3.70. The molecule has 2 aliphatic rings. The molecule has 1 unspecified atom stereocenters. The van der Waals surface area contributed by atoms with E-state index in [1.807, 2.05) is 6.07 Å². The van der Waals surface area contributed by atoms with Gasteiger partial charge in [-0.2, -0.15) is 4.98 Å². The molecule has 0 saturated carbocycles. The molecule has 2 aliphatic heterocycles. The Labute approximate surface area is 123 Å². The number of benzene rings is 1. The van der Waals surface area contributed by atoms with Crippen molar-refractivity contribution in [1.82, 2.24) is 10.1 Å². The minimum Gasteiger partial charge on any atom is -0.381 e. The van der Waals surface area contributed by atoms with Crippen LogP contribution < -0.4 is 4.90 Å². The number of rotatable bonds is 3. The highest BCUT2D eigenvalue weighted by Crippen LogP contribution is 2.33. The summed E-state index contributed by atoms with van der Waals surface area (Å²) >= 11 is 0. The minimum atomic E-state index is 0.279. The van der Waals surface area contributed by atoms with Crippen LogP contribution in [0.15, 0.2) is 28.8 Å². The average Bonchev–Trinajstić information content (AvgIpc) is 3.27. The highest BCUT2D eigenvalue weighted by atomic mass is 16.5. The van der Waals surface area contributed by atoms with Crippen LogP contribution in [0, 0.1) is 0 Å². The Hall–Kier alpha value is -1.88. The maximum absolute atomic E-state index is 5.52. The summed E-state index contributed by atoms with van der Waals surface area (Å²) in [4.78, 5) is 7.01. The zero-order chi connectivity index (χ0) is 14.1. The summed E-state index contributed by atoms with van der Waals surface area (Å²) < 4.78 is 10.9. The topological polar surface area (TPSA) is 51.4 Å². The standard InChI is InChI=1S/C16H19N3O2/c1-2-6-14(19-8-3-4-9-19)13(5-1)16-17-15(18-21-16)12-7-10-20-11-12/h1-2,5-6,12H,3-4,7-11H2. The highest BCUT2D eigenvalue weighted by molar-refractivity contribution is 5.73. The third-order valence-corrected chi connectivity index (χ3v) is 4.32. The Morgan fingerprint density at radius 2 is 2.00 bits per heavy atom. The molecule has 0 bridgehead atoms. The van der Waals surface area contributed by atoms with E-state index in [1.165, 1.54) is 18.5 Å². The molecule has 4 rings (SSSR count). The van der Waals surface area contributed by atoms with Gasteiger partial charge in [0, 0.05) is 31.3 Å². The first-order valence-corrected chi connectivity index (χ1v) is 7.67. The number of hydrogen-bond donors (Lipinski definition) is 0. The molecular weight excluding hydrogens is 266 g/mol. The molecular formula is C16H19N3O2. The van der Waals surface area contributed by atoms with Crippen molar-refractivity contribution >= 4 is 5.69 Å². The minimum absolute atomic E-state index is 0.279. The van der Waals surface area contributed by atoms with Crippen molar-refractivity contribution in [1.29, 1.82) is 0 Å². The molecule has 3 heterocycles. The van der Waals surface area contributed by atoms with Gasteiger partial charge in [-0.3, -0.25) is 0 Å². The van der Waals surface area contributed by atoms with Gasteiger partial charge >= 0.3 is 0 Å². The second-order valence-corrected chi connectivity index (χ2v) is 5.73. The first-order chi connectivity index (χ1) is 10.4. The maximum Gasteiger partial charge on any atom is 0.260 e. The van der Waals surface area contributed by atoms with Crippen LogP contribution in [0.5, 0.6) is 0 Å². The van der Waals surface area contributed by atoms with Crippen molar-refractivity contribution in [3.8, 4) is 11.5 Å². The Bertz CT molecular complexity index is 613. The van der Waals surface area contributed by atoms with E-state index in [-0.39, 0.29) is 5.92 Å². The lowest BCUT2D eigenvalue weighted by atomic mass is 10.1. The number of anilines is 1. The number of nitrogens with zero attached hydrogens (tertiary/aromatic N) is 3. The van der Waals surface area contributed by atoms with Crippen molar-refractivity contribution in [2.24, 2.45) is 0 Å². The van der Waals surface area contributed by atoms with Crippen molar-refractivity contribution in [3.05, 3.63) is 30.1 Å². The molecule has 21 heavy (non-hydrogen) atoms. The normalized spacial score (nSPS) is 22.1. The van der Waals surface area contributed by atoms with Gasteiger partial charge in [-0.05, 0) is 31.4 Å². The third kappa shape index (κ3) is 2.42. The van der Waals surface area contributed by atoms with Crippen LogP contribution in [0.4, 0.5) is 5.69 Å². The van der Waals surface area contributed by atoms with Crippen LogP contribution in [0.3, 0.4) is 0 Å². The second-order valence-electron chi connectivity index (χ2n) is 5.73. The molecule has 0 aliphatic carbocycles. The molecule has 5 nitrogen and oxygen atoms in total. The van der Waals surface area contributed by atoms with E-state index in [2.05, 4.69) is 33.2 Å². The molecule has 0 N–H and O–H groups in total. The van der Waals surface area contributed by atoms with E-state index in [1.54, 1.807) is 0 Å². The van der Waals surface area contributed by atoms with E-state index in [4.69, 9.17) is 9.26 Å². The van der Waals surface area contributed by atoms with Crippen LogP contribution in [0.25, 0.3) is 11.5 Å². The van der Waals surface area contributed by atoms with Crippen LogP contribution >= 0.6 is 0 Å². The van der Waals surface area contributed by atoms with Crippen molar-refractivity contribution < 1.29 is 9.26 Å². The fourth-order valence-corrected chi connectivity index (χ4v) is 3.14. The van der Waals surface area contributed by atoms with Gasteiger partial charge in [0.2, 0.25) is 0 Å². The Morgan fingerprint density at radius 1 is 1.14 bits per heavy atom. The van der Waals surface area contributed by atoms with E-state index >= 15 is 0 Å². The summed E-state index contributed by atoms with van der Waals surface area (Å²) in [6, 6.07) is 8.30. The van der Waals surface area contributed by atoms with E-state index in [0.717, 1.165) is 37.5 Å². The first-order valence-electron chi connectivity index (χ1n) is 7.67. The van der Waals surface area contributed by atoms with E-state index in [9.17, 15) is 0 Å². The number of aromatic nitrogens is 2. The van der Waals surface area contributed by atoms with Gasteiger partial charge in [-0.15, -0.1) is 0 Å². The number of ether oxygens (including phenoxy) is 1. The molecule has 0 spiro atoms. The van der Waals surface area contributed by atoms with Crippen LogP contribution in [0.1, 0.15) is 31.0 Å². The summed E-state index contributed by atoms with van der Waals surface area (Å²) in [7, 11) is 0. The zero-order valence-electron chi connectivity index (χ0n) is 12.0. The quantitative estimate of drug-likeness (QED) is 0.868. The summed E-state index contributed by atoms with van der Waals surface area (Å²) in [5.41, 5.74) is 2.24. The van der Waals surface area contributed by atoms with Gasteiger partial charge in [0.05, 0.1) is 12.2 Å². The fraction of sp³-hybridized carbons (Fsp3) is 0.500. The SMILES string of the molecule is c1ccc(N2CCCC2)c(-c2nc(C3CCOC3)no2)c1. The molecule has 110 valence electrons. The molecule has 1 aromatic carbocycles. The van der Waals surface area contributed by atoms with Crippen LogP contribution in [-0.2, 0) is 4.74 Å². The highest BCUT2D eigenvalue weighted by Gasteiger charge is 2.25. The van der Waals surface area contributed by atoms with Crippen LogP contribution in [-0.4, -0.2) is 36.4 Å². The van der Waals surface area contributed by atoms with Gasteiger partial charge in [-0.1, -0.05) is 17.3 Å². The van der Waals surface area contributed by atoms with Gasteiger partial charge in [0.25, 0.3) is 5.89 Å². The molecule has 1 aromatic heterocycles. The molecule has 2 saturated heterocycles. The first kappa shape index (κ1) is 12.8. The molecule has 2 aromatic rings. The lowest BCUT2D eigenvalue weighted by molar-refractivity contribution is 0.192. The molecule has 5 heteroatoms. The van der Waals surface area contributed by atoms with Crippen LogP contribution in [0.2, 0.25) is 0 Å². The zero-order valence-corrected chi connectivity index (χ0v) is 12.0. The Kier molecular flexibility index (Phi) is 3.35. The van der Waals surface area contributed by atoms with Crippen molar-refractivity contribution in [3.63, 3.8) is 0 Å². The largest absolute Gasteiger partial charge is 0.381 e. The number of para-hydroxylation sites is 1. The average molecular weight is 285 g/mol. The molecule has 2 fully saturated rings. The fourth-order valence-electron chi connectivity index (χ4n) is 3.14. The Balaban J connectivity index is 1.66. The van der Waals surface area contributed by atoms with Gasteiger partial charge < -0.3 is 14.2 Å². The second kappa shape index (κ2) is 5.48. The monoisotopic (exact) mass is 285 g/mol. The third-order valence-electron chi connectivity index (χ3n) is 4.32. The summed E-state index contributed by atoms with van der Waals surface area (Å²) in [5, 5.41) is 4.16. The van der Waals surface area contributed by atoms with E-state index in [0.29, 0.717) is 12.5 Å². The predicted molar refractivity (Wildman–Crippen MR) is 79.4 cm³/mol. The van der Waals surface area contributed by atoms with Crippen molar-refractivity contribution in [2.75, 3.05) is 31.2 Å². The Morgan fingerprint density at radius 3 is 2.81 bits per heavy atom. The van der Waals surface area contributed by atoms with Gasteiger partial charge in [0.1, 0.15) is 0 Å². The predicted octanol–water partition coefficient (Wildman–Crippen LogP) is 2.84. The lowest BCUT2D eigenvalue weighted by Gasteiger charge is -2.19.